The van der Waals surface area contributed by atoms with Gasteiger partial charge in [-0.2, -0.15) is 0 Å². The molecule has 0 amide bonds. The largest absolute Gasteiger partial charge is 0.316 e. The van der Waals surface area contributed by atoms with Crippen molar-refractivity contribution in [1.82, 2.24) is 5.32 Å². The van der Waals surface area contributed by atoms with Crippen molar-refractivity contribution in [3.05, 3.63) is 35.4 Å². The molecule has 1 aromatic rings. The van der Waals surface area contributed by atoms with Crippen LogP contribution in [0, 0.1) is 5.92 Å². The average Bonchev–Trinajstić information content (AvgIpc) is 2.35. The van der Waals surface area contributed by atoms with Gasteiger partial charge in [0, 0.05) is 6.04 Å². The monoisotopic (exact) mass is 233 g/mol. The zero-order chi connectivity index (χ0) is 12.8. The van der Waals surface area contributed by atoms with E-state index >= 15 is 0 Å². The maximum absolute atomic E-state index is 3.48. The molecule has 96 valence electrons. The van der Waals surface area contributed by atoms with E-state index in [-0.39, 0.29) is 0 Å². The fourth-order valence-electron chi connectivity index (χ4n) is 2.70. The molecule has 1 aromatic carbocycles. The fourth-order valence-corrected chi connectivity index (χ4v) is 2.70. The summed E-state index contributed by atoms with van der Waals surface area (Å²) < 4.78 is 0. The molecule has 17 heavy (non-hydrogen) atoms. The van der Waals surface area contributed by atoms with Crippen LogP contribution in [0.15, 0.2) is 24.3 Å². The molecule has 1 nitrogen and oxygen atoms in total. The standard InChI is InChI=1S/C16H27N/c1-6-13-8-10-14(11-9-13)15(7-2)16(17-5)12(3)4/h8-12,15-17H,6-7H2,1-5H3. The molecule has 0 aliphatic rings. The Morgan fingerprint density at radius 1 is 1.06 bits per heavy atom. The molecule has 1 rings (SSSR count). The van der Waals surface area contributed by atoms with Crippen LogP contribution in [0.25, 0.3) is 0 Å². The summed E-state index contributed by atoms with van der Waals surface area (Å²) in [6, 6.07) is 9.71. The molecule has 0 aliphatic heterocycles. The molecule has 0 radical (unpaired) electrons. The Kier molecular flexibility index (Phi) is 5.70. The normalized spacial score (nSPS) is 14.9. The van der Waals surface area contributed by atoms with Gasteiger partial charge in [0.2, 0.25) is 0 Å². The van der Waals surface area contributed by atoms with Crippen molar-refractivity contribution in [3.63, 3.8) is 0 Å². The summed E-state index contributed by atoms with van der Waals surface area (Å²) in [6.07, 6.45) is 2.31. The van der Waals surface area contributed by atoms with Crippen LogP contribution in [-0.2, 0) is 6.42 Å². The molecular weight excluding hydrogens is 206 g/mol. The van der Waals surface area contributed by atoms with Crippen molar-refractivity contribution < 1.29 is 0 Å². The summed E-state index contributed by atoms with van der Waals surface area (Å²) in [5, 5.41) is 3.48. The van der Waals surface area contributed by atoms with Crippen molar-refractivity contribution in [1.29, 1.82) is 0 Å². The van der Waals surface area contributed by atoms with Gasteiger partial charge in [-0.1, -0.05) is 52.0 Å². The average molecular weight is 233 g/mol. The summed E-state index contributed by atoms with van der Waals surface area (Å²) >= 11 is 0. The highest BCUT2D eigenvalue weighted by Gasteiger charge is 2.22. The molecule has 0 fully saturated rings. The van der Waals surface area contributed by atoms with Crippen LogP contribution in [0.3, 0.4) is 0 Å². The highest BCUT2D eigenvalue weighted by Crippen LogP contribution is 2.27. The van der Waals surface area contributed by atoms with E-state index in [9.17, 15) is 0 Å². The molecule has 0 aliphatic carbocycles. The molecule has 1 heteroatoms. The van der Waals surface area contributed by atoms with E-state index in [0.717, 1.165) is 6.42 Å². The van der Waals surface area contributed by atoms with E-state index in [2.05, 4.69) is 64.3 Å². The molecule has 0 spiro atoms. The Hall–Kier alpha value is -0.820. The number of likely N-dealkylation sites (N-methyl/N-ethyl adjacent to an activating group) is 1. The Labute approximate surface area is 107 Å². The summed E-state index contributed by atoms with van der Waals surface area (Å²) in [5.74, 6) is 1.28. The van der Waals surface area contributed by atoms with E-state index in [1.807, 2.05) is 0 Å². The van der Waals surface area contributed by atoms with E-state index in [0.29, 0.717) is 17.9 Å². The lowest BCUT2D eigenvalue weighted by molar-refractivity contribution is 0.355. The number of hydrogen-bond donors (Lipinski definition) is 1. The van der Waals surface area contributed by atoms with Crippen molar-refractivity contribution in [2.45, 2.75) is 52.5 Å². The molecule has 0 bridgehead atoms. The smallest absolute Gasteiger partial charge is 0.0156 e. The van der Waals surface area contributed by atoms with Gasteiger partial charge in [-0.05, 0) is 42.9 Å². The van der Waals surface area contributed by atoms with Gasteiger partial charge in [0.1, 0.15) is 0 Å². The van der Waals surface area contributed by atoms with E-state index in [1.165, 1.54) is 17.5 Å². The molecule has 0 saturated carbocycles. The van der Waals surface area contributed by atoms with Gasteiger partial charge >= 0.3 is 0 Å². The SMILES string of the molecule is CCc1ccc(C(CC)C(NC)C(C)C)cc1. The van der Waals surface area contributed by atoms with Gasteiger partial charge in [-0.15, -0.1) is 0 Å². The van der Waals surface area contributed by atoms with Crippen LogP contribution < -0.4 is 5.32 Å². The third-order valence-corrected chi connectivity index (χ3v) is 3.74. The third-order valence-electron chi connectivity index (χ3n) is 3.74. The predicted molar refractivity (Wildman–Crippen MR) is 76.5 cm³/mol. The van der Waals surface area contributed by atoms with Crippen molar-refractivity contribution >= 4 is 0 Å². The number of benzene rings is 1. The van der Waals surface area contributed by atoms with Crippen LogP contribution in [0.2, 0.25) is 0 Å². The lowest BCUT2D eigenvalue weighted by atomic mass is 9.83. The second-order valence-corrected chi connectivity index (χ2v) is 5.17. The van der Waals surface area contributed by atoms with Crippen LogP contribution in [-0.4, -0.2) is 13.1 Å². The quantitative estimate of drug-likeness (QED) is 0.783. The van der Waals surface area contributed by atoms with Crippen molar-refractivity contribution in [3.8, 4) is 0 Å². The maximum Gasteiger partial charge on any atom is 0.0156 e. The molecule has 1 N–H and O–H groups in total. The zero-order valence-corrected chi connectivity index (χ0v) is 12.0. The first-order chi connectivity index (χ1) is 8.13. The maximum atomic E-state index is 3.48. The molecule has 0 heterocycles. The summed E-state index contributed by atoms with van der Waals surface area (Å²) in [7, 11) is 2.08. The van der Waals surface area contributed by atoms with Gasteiger partial charge in [0.15, 0.2) is 0 Å². The number of hydrogen-bond acceptors (Lipinski definition) is 1. The molecular formula is C16H27N. The number of aryl methyl sites for hydroxylation is 1. The third kappa shape index (κ3) is 3.57. The molecule has 2 unspecified atom stereocenters. The lowest BCUT2D eigenvalue weighted by Gasteiger charge is -2.29. The minimum absolute atomic E-state index is 0.562. The first kappa shape index (κ1) is 14.2. The van der Waals surface area contributed by atoms with Crippen molar-refractivity contribution in [2.75, 3.05) is 7.05 Å². The van der Waals surface area contributed by atoms with Gasteiger partial charge in [-0.25, -0.2) is 0 Å². The van der Waals surface area contributed by atoms with E-state index in [4.69, 9.17) is 0 Å². The van der Waals surface area contributed by atoms with Crippen LogP contribution in [0.4, 0.5) is 0 Å². The topological polar surface area (TPSA) is 12.0 Å². The number of nitrogens with one attached hydrogen (secondary N) is 1. The Bertz CT molecular complexity index is 313. The minimum Gasteiger partial charge on any atom is -0.316 e. The van der Waals surface area contributed by atoms with Gasteiger partial charge in [-0.3, -0.25) is 0 Å². The second-order valence-electron chi connectivity index (χ2n) is 5.17. The van der Waals surface area contributed by atoms with Crippen LogP contribution in [0.1, 0.15) is 51.2 Å². The summed E-state index contributed by atoms with van der Waals surface area (Å²) in [4.78, 5) is 0. The van der Waals surface area contributed by atoms with Gasteiger partial charge in [0.25, 0.3) is 0 Å². The highest BCUT2D eigenvalue weighted by atomic mass is 14.9. The Morgan fingerprint density at radius 3 is 2.00 bits per heavy atom. The summed E-state index contributed by atoms with van der Waals surface area (Å²) in [5.41, 5.74) is 2.90. The second kappa shape index (κ2) is 6.80. The fraction of sp³-hybridized carbons (Fsp3) is 0.625. The lowest BCUT2D eigenvalue weighted by Crippen LogP contribution is -2.36. The predicted octanol–water partition coefficient (Wildman–Crippen LogP) is 3.99. The highest BCUT2D eigenvalue weighted by molar-refractivity contribution is 5.26. The van der Waals surface area contributed by atoms with Crippen molar-refractivity contribution in [2.24, 2.45) is 5.92 Å². The first-order valence-electron chi connectivity index (χ1n) is 6.90. The van der Waals surface area contributed by atoms with Crippen LogP contribution in [0.5, 0.6) is 0 Å². The summed E-state index contributed by atoms with van der Waals surface area (Å²) in [6.45, 7) is 9.08. The minimum atomic E-state index is 0.562. The molecule has 0 aromatic heterocycles. The first-order valence-corrected chi connectivity index (χ1v) is 6.90. The molecule has 2 atom stereocenters. The number of rotatable bonds is 6. The zero-order valence-electron chi connectivity index (χ0n) is 12.0. The van der Waals surface area contributed by atoms with Crippen LogP contribution >= 0.6 is 0 Å². The Morgan fingerprint density at radius 2 is 1.65 bits per heavy atom. The van der Waals surface area contributed by atoms with Gasteiger partial charge < -0.3 is 5.32 Å². The molecule has 0 saturated heterocycles. The van der Waals surface area contributed by atoms with E-state index < -0.39 is 0 Å². The van der Waals surface area contributed by atoms with Gasteiger partial charge in [0.05, 0.1) is 0 Å². The van der Waals surface area contributed by atoms with E-state index in [1.54, 1.807) is 0 Å². The Balaban J connectivity index is 2.91.